The first-order chi connectivity index (χ1) is 3.43. The van der Waals surface area contributed by atoms with Gasteiger partial charge in [-0.15, -0.1) is 0 Å². The summed E-state index contributed by atoms with van der Waals surface area (Å²) in [5.41, 5.74) is 0. The predicted octanol–water partition coefficient (Wildman–Crippen LogP) is -0.837. The fourth-order valence-corrected chi connectivity index (χ4v) is 0.538. The first kappa shape index (κ1) is 4.74. The summed E-state index contributed by atoms with van der Waals surface area (Å²) in [7, 11) is 1.90. The van der Waals surface area contributed by atoms with Crippen LogP contribution in [0.5, 0.6) is 0 Å². The summed E-state index contributed by atoms with van der Waals surface area (Å²) in [6, 6.07) is 0. The van der Waals surface area contributed by atoms with Crippen molar-refractivity contribution in [3.8, 4) is 0 Å². The molecule has 1 unspecified atom stereocenters. The van der Waals surface area contributed by atoms with E-state index < -0.39 is 0 Å². The summed E-state index contributed by atoms with van der Waals surface area (Å²) in [5.74, 6) is 0. The topological polar surface area (TPSA) is 36.4 Å². The van der Waals surface area contributed by atoms with Crippen molar-refractivity contribution in [3.05, 3.63) is 0 Å². The van der Waals surface area contributed by atoms with Crippen LogP contribution in [0.2, 0.25) is 0 Å². The number of nitrogens with one attached hydrogen (secondary N) is 2. The van der Waals surface area contributed by atoms with Crippen LogP contribution in [0, 0.1) is 0 Å². The summed E-state index contributed by atoms with van der Waals surface area (Å²) in [6.07, 6.45) is 2.17. The van der Waals surface area contributed by atoms with Crippen molar-refractivity contribution in [2.45, 2.75) is 6.17 Å². The number of hydrogen-bond acceptors (Lipinski definition) is 3. The highest BCUT2D eigenvalue weighted by Gasteiger charge is 2.02. The largest absolute Gasteiger partial charge is 0.300 e. The molecular weight excluding hydrogens is 90.1 g/mol. The zero-order chi connectivity index (χ0) is 5.11. The van der Waals surface area contributed by atoms with Crippen LogP contribution in [0.1, 0.15) is 0 Å². The number of rotatable bonds is 1. The Bertz CT molecular complexity index is 79.0. The minimum absolute atomic E-state index is 0.306. The Hall–Kier alpha value is -0.410. The Labute approximate surface area is 42.8 Å². The molecule has 3 heteroatoms. The zero-order valence-electron chi connectivity index (χ0n) is 4.31. The second kappa shape index (κ2) is 2.04. The van der Waals surface area contributed by atoms with E-state index in [0.717, 1.165) is 6.67 Å². The molecule has 40 valence electrons. The number of aliphatic imine (C=N–C) groups is 1. The molecule has 0 aromatic rings. The molecule has 0 radical (unpaired) electrons. The lowest BCUT2D eigenvalue weighted by Gasteiger charge is -2.01. The molecule has 0 aromatic heterocycles. The van der Waals surface area contributed by atoms with Crippen molar-refractivity contribution in [2.75, 3.05) is 13.7 Å². The van der Waals surface area contributed by atoms with Gasteiger partial charge < -0.3 is 5.32 Å². The highest BCUT2D eigenvalue weighted by molar-refractivity contribution is 5.65. The molecule has 0 fully saturated rings. The molecule has 1 atom stereocenters. The highest BCUT2D eigenvalue weighted by Crippen LogP contribution is 1.78. The maximum absolute atomic E-state index is 3.94. The van der Waals surface area contributed by atoms with Gasteiger partial charge in [-0.05, 0) is 7.05 Å². The van der Waals surface area contributed by atoms with Gasteiger partial charge in [0.1, 0.15) is 0 Å². The molecule has 0 aromatic carbocycles. The van der Waals surface area contributed by atoms with Crippen LogP contribution < -0.4 is 10.6 Å². The van der Waals surface area contributed by atoms with Gasteiger partial charge >= 0.3 is 0 Å². The molecule has 1 rings (SSSR count). The second-order valence-corrected chi connectivity index (χ2v) is 1.46. The van der Waals surface area contributed by atoms with Crippen molar-refractivity contribution in [1.82, 2.24) is 10.6 Å². The molecule has 1 heterocycles. The first-order valence-corrected chi connectivity index (χ1v) is 2.34. The minimum Gasteiger partial charge on any atom is -0.300 e. The summed E-state index contributed by atoms with van der Waals surface area (Å²) in [5, 5.41) is 6.08. The molecule has 1 aliphatic rings. The van der Waals surface area contributed by atoms with Gasteiger partial charge in [-0.2, -0.15) is 0 Å². The van der Waals surface area contributed by atoms with E-state index in [1.807, 2.05) is 13.3 Å². The fourth-order valence-electron chi connectivity index (χ4n) is 0.538. The Morgan fingerprint density at radius 2 is 2.86 bits per heavy atom. The minimum atomic E-state index is 0.306. The van der Waals surface area contributed by atoms with E-state index >= 15 is 0 Å². The summed E-state index contributed by atoms with van der Waals surface area (Å²) in [4.78, 5) is 3.94. The van der Waals surface area contributed by atoms with Crippen LogP contribution in [-0.2, 0) is 0 Å². The van der Waals surface area contributed by atoms with Crippen molar-refractivity contribution < 1.29 is 0 Å². The molecule has 0 saturated heterocycles. The van der Waals surface area contributed by atoms with Crippen LogP contribution in [0.4, 0.5) is 0 Å². The fraction of sp³-hybridized carbons (Fsp3) is 0.750. The quantitative estimate of drug-likeness (QED) is 0.450. The van der Waals surface area contributed by atoms with Gasteiger partial charge in [-0.25, -0.2) is 0 Å². The van der Waals surface area contributed by atoms with Gasteiger partial charge in [0.15, 0.2) is 0 Å². The standard InChI is InChI=1S/C4H9N3/c1-5-4-2-6-3-7-4/h2,4-5,7H,3H2,1H3. The summed E-state index contributed by atoms with van der Waals surface area (Å²) < 4.78 is 0. The van der Waals surface area contributed by atoms with Crippen molar-refractivity contribution in [3.63, 3.8) is 0 Å². The smallest absolute Gasteiger partial charge is 0.0947 e. The van der Waals surface area contributed by atoms with Crippen LogP contribution in [0.3, 0.4) is 0 Å². The zero-order valence-corrected chi connectivity index (χ0v) is 4.31. The van der Waals surface area contributed by atoms with Crippen molar-refractivity contribution in [2.24, 2.45) is 4.99 Å². The van der Waals surface area contributed by atoms with E-state index in [-0.39, 0.29) is 0 Å². The van der Waals surface area contributed by atoms with E-state index in [2.05, 4.69) is 15.6 Å². The maximum Gasteiger partial charge on any atom is 0.0947 e. The second-order valence-electron chi connectivity index (χ2n) is 1.46. The van der Waals surface area contributed by atoms with Crippen LogP contribution in [0.15, 0.2) is 4.99 Å². The monoisotopic (exact) mass is 99.1 g/mol. The molecule has 3 nitrogen and oxygen atoms in total. The third-order valence-electron chi connectivity index (χ3n) is 0.968. The van der Waals surface area contributed by atoms with Crippen molar-refractivity contribution in [1.29, 1.82) is 0 Å². The Morgan fingerprint density at radius 1 is 2.00 bits per heavy atom. The molecule has 1 aliphatic heterocycles. The molecule has 2 N–H and O–H groups in total. The van der Waals surface area contributed by atoms with Crippen molar-refractivity contribution >= 4 is 6.21 Å². The Morgan fingerprint density at radius 3 is 3.14 bits per heavy atom. The summed E-state index contributed by atoms with van der Waals surface area (Å²) in [6.45, 7) is 0.755. The lowest BCUT2D eigenvalue weighted by Crippen LogP contribution is -2.36. The number of hydrogen-bond donors (Lipinski definition) is 2. The third-order valence-corrected chi connectivity index (χ3v) is 0.968. The molecule has 0 bridgehead atoms. The van der Waals surface area contributed by atoms with Crippen LogP contribution in [0.25, 0.3) is 0 Å². The average Bonchev–Trinajstić information content (AvgIpc) is 2.14. The Kier molecular flexibility index (Phi) is 1.38. The van der Waals surface area contributed by atoms with Crippen LogP contribution in [-0.4, -0.2) is 26.1 Å². The van der Waals surface area contributed by atoms with E-state index in [1.165, 1.54) is 0 Å². The first-order valence-electron chi connectivity index (χ1n) is 2.34. The summed E-state index contributed by atoms with van der Waals surface area (Å²) >= 11 is 0. The molecule has 7 heavy (non-hydrogen) atoms. The number of nitrogens with zero attached hydrogens (tertiary/aromatic N) is 1. The van der Waals surface area contributed by atoms with E-state index in [9.17, 15) is 0 Å². The Balaban J connectivity index is 2.28. The third kappa shape index (κ3) is 0.976. The predicted molar refractivity (Wildman–Crippen MR) is 29.3 cm³/mol. The van der Waals surface area contributed by atoms with E-state index in [4.69, 9.17) is 0 Å². The van der Waals surface area contributed by atoms with Crippen LogP contribution >= 0.6 is 0 Å². The molecule has 0 spiro atoms. The van der Waals surface area contributed by atoms with Gasteiger partial charge in [0.05, 0.1) is 12.8 Å². The lowest BCUT2D eigenvalue weighted by atomic mass is 10.6. The molecule has 0 saturated carbocycles. The highest BCUT2D eigenvalue weighted by atomic mass is 15.2. The lowest BCUT2D eigenvalue weighted by molar-refractivity contribution is 0.611. The maximum atomic E-state index is 3.94. The van der Waals surface area contributed by atoms with Gasteiger partial charge in [-0.3, -0.25) is 10.3 Å². The van der Waals surface area contributed by atoms with E-state index in [0.29, 0.717) is 6.17 Å². The van der Waals surface area contributed by atoms with Gasteiger partial charge in [0, 0.05) is 6.21 Å². The molecular formula is C4H9N3. The van der Waals surface area contributed by atoms with Gasteiger partial charge in [0.25, 0.3) is 0 Å². The molecule has 0 aliphatic carbocycles. The van der Waals surface area contributed by atoms with Gasteiger partial charge in [-0.1, -0.05) is 0 Å². The van der Waals surface area contributed by atoms with E-state index in [1.54, 1.807) is 0 Å². The SMILES string of the molecule is CNC1C=NCN1. The van der Waals surface area contributed by atoms with Gasteiger partial charge in [0.2, 0.25) is 0 Å². The average molecular weight is 99.1 g/mol. The normalized spacial score (nSPS) is 29.0. The molecule has 0 amide bonds.